The Morgan fingerprint density at radius 2 is 2.27 bits per heavy atom. The number of carbonyl (C=O) groups excluding carboxylic acids is 1. The standard InChI is InChI=1S/C12H16FNO/c1-3-5-9(2)12(15)14-11-7-4-6-10(13)8-11/h4,6-9H,3,5H2,1-2H3,(H,14,15)/t9-/m0/s1. The summed E-state index contributed by atoms with van der Waals surface area (Å²) in [5.74, 6) is -0.420. The lowest BCUT2D eigenvalue weighted by Crippen LogP contribution is -2.20. The van der Waals surface area contributed by atoms with E-state index in [-0.39, 0.29) is 17.6 Å². The van der Waals surface area contributed by atoms with E-state index in [1.54, 1.807) is 12.1 Å². The number of amides is 1. The van der Waals surface area contributed by atoms with Crippen molar-refractivity contribution in [1.29, 1.82) is 0 Å². The molecule has 0 saturated heterocycles. The molecule has 0 unspecified atom stereocenters. The molecule has 0 aliphatic carbocycles. The first kappa shape index (κ1) is 11.7. The van der Waals surface area contributed by atoms with E-state index in [1.165, 1.54) is 12.1 Å². The van der Waals surface area contributed by atoms with Crippen LogP contribution in [0.15, 0.2) is 24.3 Å². The maximum absolute atomic E-state index is 12.8. The van der Waals surface area contributed by atoms with Crippen LogP contribution >= 0.6 is 0 Å². The highest BCUT2D eigenvalue weighted by atomic mass is 19.1. The molecule has 1 atom stereocenters. The number of rotatable bonds is 4. The molecular weight excluding hydrogens is 193 g/mol. The van der Waals surface area contributed by atoms with Gasteiger partial charge in [0.05, 0.1) is 0 Å². The second-order valence-electron chi connectivity index (χ2n) is 3.69. The summed E-state index contributed by atoms with van der Waals surface area (Å²) >= 11 is 0. The monoisotopic (exact) mass is 209 g/mol. The molecule has 0 fully saturated rings. The molecule has 15 heavy (non-hydrogen) atoms. The van der Waals surface area contributed by atoms with Gasteiger partial charge in [0.25, 0.3) is 0 Å². The molecule has 3 heteroatoms. The minimum atomic E-state index is -0.337. The largest absolute Gasteiger partial charge is 0.326 e. The van der Waals surface area contributed by atoms with E-state index in [1.807, 2.05) is 13.8 Å². The Kier molecular flexibility index (Phi) is 4.28. The molecule has 1 N–H and O–H groups in total. The number of anilines is 1. The van der Waals surface area contributed by atoms with Crippen molar-refractivity contribution in [3.63, 3.8) is 0 Å². The molecule has 0 bridgehead atoms. The Balaban J connectivity index is 2.58. The average Bonchev–Trinajstić information content (AvgIpc) is 2.18. The summed E-state index contributed by atoms with van der Waals surface area (Å²) in [6.45, 7) is 3.91. The second-order valence-corrected chi connectivity index (χ2v) is 3.69. The first-order valence-corrected chi connectivity index (χ1v) is 5.20. The molecule has 0 aliphatic heterocycles. The van der Waals surface area contributed by atoms with Crippen molar-refractivity contribution in [3.05, 3.63) is 30.1 Å². The van der Waals surface area contributed by atoms with Crippen LogP contribution in [0.2, 0.25) is 0 Å². The summed E-state index contributed by atoms with van der Waals surface area (Å²) in [6, 6.07) is 5.93. The van der Waals surface area contributed by atoms with Gasteiger partial charge in [-0.05, 0) is 24.6 Å². The molecule has 2 nitrogen and oxygen atoms in total. The molecule has 82 valence electrons. The third-order valence-electron chi connectivity index (χ3n) is 2.26. The lowest BCUT2D eigenvalue weighted by Gasteiger charge is -2.10. The van der Waals surface area contributed by atoms with Gasteiger partial charge in [0, 0.05) is 11.6 Å². The van der Waals surface area contributed by atoms with Crippen LogP contribution in [-0.4, -0.2) is 5.91 Å². The van der Waals surface area contributed by atoms with Gasteiger partial charge in [-0.1, -0.05) is 26.3 Å². The molecule has 0 heterocycles. The van der Waals surface area contributed by atoms with Crippen LogP contribution in [0.5, 0.6) is 0 Å². The van der Waals surface area contributed by atoms with Crippen molar-refractivity contribution in [1.82, 2.24) is 0 Å². The van der Waals surface area contributed by atoms with Crippen LogP contribution in [0.3, 0.4) is 0 Å². The van der Waals surface area contributed by atoms with Gasteiger partial charge >= 0.3 is 0 Å². The van der Waals surface area contributed by atoms with Gasteiger partial charge in [-0.3, -0.25) is 4.79 Å². The molecule has 1 amide bonds. The van der Waals surface area contributed by atoms with Gasteiger partial charge in [0.15, 0.2) is 0 Å². The molecule has 0 spiro atoms. The Bertz CT molecular complexity index is 338. The summed E-state index contributed by atoms with van der Waals surface area (Å²) in [4.78, 5) is 11.6. The quantitative estimate of drug-likeness (QED) is 0.810. The fourth-order valence-corrected chi connectivity index (χ4v) is 1.40. The molecule has 0 aromatic heterocycles. The van der Waals surface area contributed by atoms with E-state index in [2.05, 4.69) is 5.32 Å². The van der Waals surface area contributed by atoms with Gasteiger partial charge in [0.1, 0.15) is 5.82 Å². The predicted octanol–water partition coefficient (Wildman–Crippen LogP) is 3.20. The SMILES string of the molecule is CCC[C@H](C)C(=O)Nc1cccc(F)c1. The van der Waals surface area contributed by atoms with E-state index in [4.69, 9.17) is 0 Å². The highest BCUT2D eigenvalue weighted by Crippen LogP contribution is 2.12. The maximum atomic E-state index is 12.8. The number of hydrogen-bond acceptors (Lipinski definition) is 1. The van der Waals surface area contributed by atoms with E-state index < -0.39 is 0 Å². The molecule has 0 radical (unpaired) electrons. The van der Waals surface area contributed by atoms with Gasteiger partial charge in [-0.2, -0.15) is 0 Å². The van der Waals surface area contributed by atoms with E-state index in [0.717, 1.165) is 12.8 Å². The third-order valence-corrected chi connectivity index (χ3v) is 2.26. The fourth-order valence-electron chi connectivity index (χ4n) is 1.40. The molecule has 0 saturated carbocycles. The predicted molar refractivity (Wildman–Crippen MR) is 59.1 cm³/mol. The Hall–Kier alpha value is -1.38. The van der Waals surface area contributed by atoms with Crippen molar-refractivity contribution < 1.29 is 9.18 Å². The summed E-state index contributed by atoms with van der Waals surface area (Å²) < 4.78 is 12.8. The summed E-state index contributed by atoms with van der Waals surface area (Å²) in [7, 11) is 0. The zero-order valence-corrected chi connectivity index (χ0v) is 9.09. The number of halogens is 1. The third kappa shape index (κ3) is 3.70. The number of benzene rings is 1. The van der Waals surface area contributed by atoms with Crippen LogP contribution in [-0.2, 0) is 4.79 Å². The van der Waals surface area contributed by atoms with Crippen molar-refractivity contribution in [2.75, 3.05) is 5.32 Å². The Morgan fingerprint density at radius 1 is 1.53 bits per heavy atom. The lowest BCUT2D eigenvalue weighted by atomic mass is 10.1. The smallest absolute Gasteiger partial charge is 0.227 e. The van der Waals surface area contributed by atoms with Gasteiger partial charge in [-0.25, -0.2) is 4.39 Å². The lowest BCUT2D eigenvalue weighted by molar-refractivity contribution is -0.119. The topological polar surface area (TPSA) is 29.1 Å². The molecule has 1 rings (SSSR count). The first-order chi connectivity index (χ1) is 7.13. The number of hydrogen-bond donors (Lipinski definition) is 1. The zero-order chi connectivity index (χ0) is 11.3. The Labute approximate surface area is 89.5 Å². The summed E-state index contributed by atoms with van der Waals surface area (Å²) in [6.07, 6.45) is 1.82. The number of carbonyl (C=O) groups is 1. The Morgan fingerprint density at radius 3 is 2.87 bits per heavy atom. The van der Waals surface area contributed by atoms with Crippen LogP contribution < -0.4 is 5.32 Å². The van der Waals surface area contributed by atoms with Crippen LogP contribution in [0, 0.1) is 11.7 Å². The normalized spacial score (nSPS) is 12.2. The van der Waals surface area contributed by atoms with Gasteiger partial charge in [-0.15, -0.1) is 0 Å². The highest BCUT2D eigenvalue weighted by molar-refractivity contribution is 5.92. The maximum Gasteiger partial charge on any atom is 0.227 e. The highest BCUT2D eigenvalue weighted by Gasteiger charge is 2.11. The zero-order valence-electron chi connectivity index (χ0n) is 9.09. The summed E-state index contributed by atoms with van der Waals surface area (Å²) in [5.41, 5.74) is 0.517. The molecule has 1 aromatic carbocycles. The molecular formula is C12H16FNO. The number of nitrogens with one attached hydrogen (secondary N) is 1. The van der Waals surface area contributed by atoms with Crippen molar-refractivity contribution >= 4 is 11.6 Å². The molecule has 1 aromatic rings. The molecule has 0 aliphatic rings. The van der Waals surface area contributed by atoms with Crippen molar-refractivity contribution in [2.45, 2.75) is 26.7 Å². The fraction of sp³-hybridized carbons (Fsp3) is 0.417. The second kappa shape index (κ2) is 5.49. The van der Waals surface area contributed by atoms with Crippen molar-refractivity contribution in [2.24, 2.45) is 5.92 Å². The van der Waals surface area contributed by atoms with Crippen LogP contribution in [0.1, 0.15) is 26.7 Å². The van der Waals surface area contributed by atoms with Crippen molar-refractivity contribution in [3.8, 4) is 0 Å². The van der Waals surface area contributed by atoms with Crippen LogP contribution in [0.25, 0.3) is 0 Å². The van der Waals surface area contributed by atoms with E-state index >= 15 is 0 Å². The minimum Gasteiger partial charge on any atom is -0.326 e. The first-order valence-electron chi connectivity index (χ1n) is 5.20. The van der Waals surface area contributed by atoms with Gasteiger partial charge in [0.2, 0.25) is 5.91 Å². The minimum absolute atomic E-state index is 0.0294. The van der Waals surface area contributed by atoms with Gasteiger partial charge < -0.3 is 5.32 Å². The van der Waals surface area contributed by atoms with E-state index in [0.29, 0.717) is 5.69 Å². The average molecular weight is 209 g/mol. The summed E-state index contributed by atoms with van der Waals surface area (Å²) in [5, 5.41) is 2.69. The van der Waals surface area contributed by atoms with Crippen LogP contribution in [0.4, 0.5) is 10.1 Å². The van der Waals surface area contributed by atoms with E-state index in [9.17, 15) is 9.18 Å².